The van der Waals surface area contributed by atoms with E-state index in [4.69, 9.17) is 4.42 Å². The van der Waals surface area contributed by atoms with Crippen LogP contribution in [0.4, 0.5) is 0 Å². The molecule has 0 radical (unpaired) electrons. The van der Waals surface area contributed by atoms with Gasteiger partial charge in [-0.15, -0.1) is 0 Å². The Kier molecular flexibility index (Phi) is 7.56. The summed E-state index contributed by atoms with van der Waals surface area (Å²) in [6.45, 7) is 13.5. The maximum Gasteiger partial charge on any atom is 0.299 e. The third kappa shape index (κ3) is 5.00. The molecule has 8 rings (SSSR count). The van der Waals surface area contributed by atoms with E-state index < -0.39 is 0 Å². The normalized spacial score (nSPS) is 11.8. The van der Waals surface area contributed by atoms with Crippen LogP contribution in [0, 0.1) is 0 Å². The summed E-state index contributed by atoms with van der Waals surface area (Å²) in [7, 11) is 2.18. The Hall–Kier alpha value is -5.67. The molecule has 0 aliphatic carbocycles. The summed E-state index contributed by atoms with van der Waals surface area (Å²) in [5.41, 5.74) is 14.8. The zero-order valence-electron chi connectivity index (χ0n) is 28.9. The quantitative estimate of drug-likeness (QED) is 0.159. The van der Waals surface area contributed by atoms with E-state index in [9.17, 15) is 0 Å². The van der Waals surface area contributed by atoms with E-state index in [1.807, 2.05) is 6.08 Å². The van der Waals surface area contributed by atoms with Crippen LogP contribution in [0.5, 0.6) is 0 Å². The van der Waals surface area contributed by atoms with Gasteiger partial charge in [0.05, 0.1) is 7.05 Å². The van der Waals surface area contributed by atoms with Crippen molar-refractivity contribution >= 4 is 39.0 Å². The van der Waals surface area contributed by atoms with Crippen molar-refractivity contribution in [3.05, 3.63) is 151 Å². The van der Waals surface area contributed by atoms with Crippen molar-refractivity contribution in [1.29, 1.82) is 0 Å². The first-order valence-corrected chi connectivity index (χ1v) is 17.3. The minimum Gasteiger partial charge on any atom is -0.455 e. The fraction of sp³-hybridized carbons (Fsp3) is 0.152. The van der Waals surface area contributed by atoms with Crippen LogP contribution < -0.4 is 4.57 Å². The van der Waals surface area contributed by atoms with Gasteiger partial charge in [-0.2, -0.15) is 4.57 Å². The first-order valence-electron chi connectivity index (χ1n) is 17.3. The lowest BCUT2D eigenvalue weighted by Gasteiger charge is -2.21. The van der Waals surface area contributed by atoms with Gasteiger partial charge in [0.15, 0.2) is 16.6 Å². The van der Waals surface area contributed by atoms with Crippen LogP contribution in [0.3, 0.4) is 0 Å². The Morgan fingerprint density at radius 2 is 1.22 bits per heavy atom. The Bertz CT molecular complexity index is 2480. The number of hydrogen-bond acceptors (Lipinski definition) is 1. The molecule has 3 heteroatoms. The van der Waals surface area contributed by atoms with Gasteiger partial charge in [0, 0.05) is 21.9 Å². The largest absolute Gasteiger partial charge is 0.455 e. The molecule has 0 aliphatic rings. The van der Waals surface area contributed by atoms with Crippen molar-refractivity contribution in [3.8, 4) is 39.3 Å². The van der Waals surface area contributed by atoms with Crippen molar-refractivity contribution in [2.24, 2.45) is 7.05 Å². The van der Waals surface area contributed by atoms with Crippen LogP contribution in [0.15, 0.2) is 138 Å². The lowest BCUT2D eigenvalue weighted by atomic mass is 9.88. The molecule has 0 atom stereocenters. The molecule has 0 bridgehead atoms. The maximum absolute atomic E-state index is 6.94. The lowest BCUT2D eigenvalue weighted by molar-refractivity contribution is -0.633. The highest BCUT2D eigenvalue weighted by Crippen LogP contribution is 2.43. The van der Waals surface area contributed by atoms with Gasteiger partial charge in [-0.3, -0.25) is 0 Å². The summed E-state index contributed by atoms with van der Waals surface area (Å²) in [5.74, 6) is 1.64. The van der Waals surface area contributed by atoms with Crippen molar-refractivity contribution in [1.82, 2.24) is 4.57 Å². The molecule has 0 N–H and O–H groups in total. The van der Waals surface area contributed by atoms with Crippen LogP contribution >= 0.6 is 0 Å². The summed E-state index contributed by atoms with van der Waals surface area (Å²) in [4.78, 5) is 0. The summed E-state index contributed by atoms with van der Waals surface area (Å²) in [6.07, 6.45) is 1.96. The third-order valence-electron chi connectivity index (χ3n) is 9.98. The van der Waals surface area contributed by atoms with Crippen molar-refractivity contribution in [2.75, 3.05) is 0 Å². The van der Waals surface area contributed by atoms with E-state index in [1.165, 1.54) is 33.5 Å². The average molecular weight is 638 g/mol. The molecule has 0 spiro atoms. The minimum atomic E-state index is 0.285. The standard InChI is InChI=1S/C46H41N2O/c1-7-31-22-25-37-36-24-23-34(32-16-10-8-11-17-32)28-42(36)49-45(37)43(31)46-47(6)40-20-14-15-21-41(40)48(46)44-38(29(2)3)26-35(27-39(44)30(4)5)33-18-12-9-13-19-33/h7-30H,1H2,2-6H3/q+1. The van der Waals surface area contributed by atoms with Crippen molar-refractivity contribution < 1.29 is 8.98 Å². The van der Waals surface area contributed by atoms with Gasteiger partial charge in [0.1, 0.15) is 16.8 Å². The van der Waals surface area contributed by atoms with Crippen LogP contribution in [0.25, 0.3) is 78.4 Å². The topological polar surface area (TPSA) is 21.9 Å². The molecular formula is C46H41N2O+. The number of benzene rings is 6. The number of rotatable bonds is 7. The molecule has 0 fully saturated rings. The highest BCUT2D eigenvalue weighted by Gasteiger charge is 2.34. The van der Waals surface area contributed by atoms with Crippen LogP contribution in [-0.4, -0.2) is 4.57 Å². The number of aryl methyl sites for hydroxylation is 1. The van der Waals surface area contributed by atoms with Gasteiger partial charge in [-0.1, -0.05) is 125 Å². The number of hydrogen-bond donors (Lipinski definition) is 0. The average Bonchev–Trinajstić information content (AvgIpc) is 3.65. The zero-order valence-corrected chi connectivity index (χ0v) is 28.9. The number of furan rings is 1. The SMILES string of the molecule is C=Cc1ccc2c(oc3cc(-c4ccccc4)ccc32)c1-c1n(-c2c(C(C)C)cc(-c3ccccc3)cc2C(C)C)c2ccccc2[n+]1C. The van der Waals surface area contributed by atoms with Gasteiger partial charge in [0.2, 0.25) is 0 Å². The Morgan fingerprint density at radius 3 is 1.86 bits per heavy atom. The lowest BCUT2D eigenvalue weighted by Crippen LogP contribution is -2.30. The Balaban J connectivity index is 1.49. The molecule has 49 heavy (non-hydrogen) atoms. The molecule has 0 saturated heterocycles. The first kappa shape index (κ1) is 30.7. The first-order chi connectivity index (χ1) is 23.9. The van der Waals surface area contributed by atoms with Gasteiger partial charge in [-0.25, -0.2) is 4.57 Å². The summed E-state index contributed by atoms with van der Waals surface area (Å²) < 4.78 is 11.8. The zero-order chi connectivity index (χ0) is 33.8. The molecular weight excluding hydrogens is 597 g/mol. The summed E-state index contributed by atoms with van der Waals surface area (Å²) in [5, 5.41) is 2.20. The van der Waals surface area contributed by atoms with Crippen molar-refractivity contribution in [3.63, 3.8) is 0 Å². The smallest absolute Gasteiger partial charge is 0.299 e. The molecule has 8 aromatic rings. The predicted octanol–water partition coefficient (Wildman–Crippen LogP) is 12.2. The predicted molar refractivity (Wildman–Crippen MR) is 206 cm³/mol. The van der Waals surface area contributed by atoms with Crippen molar-refractivity contribution in [2.45, 2.75) is 39.5 Å². The number of imidazole rings is 1. The van der Waals surface area contributed by atoms with E-state index in [0.29, 0.717) is 0 Å². The van der Waals surface area contributed by atoms with Crippen LogP contribution in [0.1, 0.15) is 56.2 Å². The molecule has 0 saturated carbocycles. The molecule has 0 aliphatic heterocycles. The van der Waals surface area contributed by atoms with E-state index in [0.717, 1.165) is 55.5 Å². The van der Waals surface area contributed by atoms with E-state index in [1.54, 1.807) is 0 Å². The number of nitrogens with zero attached hydrogens (tertiary/aromatic N) is 2. The van der Waals surface area contributed by atoms with E-state index >= 15 is 0 Å². The minimum absolute atomic E-state index is 0.285. The van der Waals surface area contributed by atoms with Gasteiger partial charge < -0.3 is 4.42 Å². The van der Waals surface area contributed by atoms with Gasteiger partial charge in [-0.05, 0) is 82.1 Å². The third-order valence-corrected chi connectivity index (χ3v) is 9.98. The maximum atomic E-state index is 6.94. The summed E-state index contributed by atoms with van der Waals surface area (Å²) in [6, 6.07) is 45.7. The number of aromatic nitrogens is 2. The molecule has 2 aromatic heterocycles. The van der Waals surface area contributed by atoms with Gasteiger partial charge >= 0.3 is 0 Å². The molecule has 6 aromatic carbocycles. The molecule has 240 valence electrons. The van der Waals surface area contributed by atoms with E-state index in [-0.39, 0.29) is 11.8 Å². The highest BCUT2D eigenvalue weighted by atomic mass is 16.3. The Morgan fingerprint density at radius 1 is 0.633 bits per heavy atom. The second kappa shape index (κ2) is 12.1. The highest BCUT2D eigenvalue weighted by molar-refractivity contribution is 6.11. The Labute approximate surface area is 288 Å². The number of para-hydroxylation sites is 2. The molecule has 0 unspecified atom stereocenters. The fourth-order valence-corrected chi connectivity index (χ4v) is 7.50. The molecule has 0 amide bonds. The molecule has 3 nitrogen and oxygen atoms in total. The monoisotopic (exact) mass is 637 g/mol. The van der Waals surface area contributed by atoms with Crippen LogP contribution in [-0.2, 0) is 7.05 Å². The second-order valence-electron chi connectivity index (χ2n) is 13.7. The van der Waals surface area contributed by atoms with E-state index in [2.05, 4.69) is 178 Å². The number of fused-ring (bicyclic) bond motifs is 4. The fourth-order valence-electron chi connectivity index (χ4n) is 7.50. The summed E-state index contributed by atoms with van der Waals surface area (Å²) >= 11 is 0. The van der Waals surface area contributed by atoms with Crippen LogP contribution in [0.2, 0.25) is 0 Å². The van der Waals surface area contributed by atoms with Gasteiger partial charge in [0.25, 0.3) is 5.82 Å². The molecule has 2 heterocycles. The second-order valence-corrected chi connectivity index (χ2v) is 13.7.